The van der Waals surface area contributed by atoms with Gasteiger partial charge in [-0.2, -0.15) is 0 Å². The van der Waals surface area contributed by atoms with Gasteiger partial charge in [0.25, 0.3) is 5.91 Å². The standard InChI is InChI=1S/C24H26N4O4S/c1-4-32-20-11-9-19(10-12-20)23(31)25-13-22(30)28-24-27-21(14-33-24)18-7-5-17(6-8-18)15(2)26-16(3)29/h5-12,14-15H,4,13H2,1-3H3,(H,25,31)(H,26,29)(H,27,28,30). The van der Waals surface area contributed by atoms with Crippen molar-refractivity contribution >= 4 is 34.2 Å². The summed E-state index contributed by atoms with van der Waals surface area (Å²) in [4.78, 5) is 40.1. The second-order valence-electron chi connectivity index (χ2n) is 7.27. The zero-order valence-corrected chi connectivity index (χ0v) is 19.5. The van der Waals surface area contributed by atoms with E-state index in [9.17, 15) is 14.4 Å². The van der Waals surface area contributed by atoms with Gasteiger partial charge < -0.3 is 20.7 Å². The van der Waals surface area contributed by atoms with E-state index in [0.717, 1.165) is 16.8 Å². The smallest absolute Gasteiger partial charge is 0.251 e. The highest BCUT2D eigenvalue weighted by atomic mass is 32.1. The zero-order valence-electron chi connectivity index (χ0n) is 18.7. The monoisotopic (exact) mass is 466 g/mol. The van der Waals surface area contributed by atoms with Gasteiger partial charge in [-0.1, -0.05) is 24.3 Å². The normalized spacial score (nSPS) is 11.4. The predicted molar refractivity (Wildman–Crippen MR) is 128 cm³/mol. The van der Waals surface area contributed by atoms with E-state index in [4.69, 9.17) is 4.74 Å². The summed E-state index contributed by atoms with van der Waals surface area (Å²) in [7, 11) is 0. The molecular formula is C24H26N4O4S. The molecule has 3 amide bonds. The predicted octanol–water partition coefficient (Wildman–Crippen LogP) is 3.77. The molecule has 1 atom stereocenters. The minimum atomic E-state index is -0.366. The number of anilines is 1. The van der Waals surface area contributed by atoms with Crippen LogP contribution in [0.25, 0.3) is 11.3 Å². The van der Waals surface area contributed by atoms with Gasteiger partial charge >= 0.3 is 0 Å². The molecule has 0 fully saturated rings. The number of carbonyl (C=O) groups excluding carboxylic acids is 3. The third kappa shape index (κ3) is 6.88. The van der Waals surface area contributed by atoms with Crippen molar-refractivity contribution in [1.82, 2.24) is 15.6 Å². The highest BCUT2D eigenvalue weighted by Gasteiger charge is 2.12. The number of nitrogens with zero attached hydrogens (tertiary/aromatic N) is 1. The van der Waals surface area contributed by atoms with E-state index >= 15 is 0 Å². The third-order valence-corrected chi connectivity index (χ3v) is 5.47. The first kappa shape index (κ1) is 23.9. The van der Waals surface area contributed by atoms with Crippen molar-refractivity contribution < 1.29 is 19.1 Å². The Bertz CT molecular complexity index is 1110. The van der Waals surface area contributed by atoms with E-state index in [-0.39, 0.29) is 30.3 Å². The van der Waals surface area contributed by atoms with Gasteiger partial charge in [0.1, 0.15) is 5.75 Å². The van der Waals surface area contributed by atoms with Crippen LogP contribution >= 0.6 is 11.3 Å². The molecule has 0 aliphatic rings. The van der Waals surface area contributed by atoms with E-state index in [1.54, 1.807) is 24.3 Å². The topological polar surface area (TPSA) is 109 Å². The molecule has 1 unspecified atom stereocenters. The Hall–Kier alpha value is -3.72. The van der Waals surface area contributed by atoms with Gasteiger partial charge in [-0.15, -0.1) is 11.3 Å². The van der Waals surface area contributed by atoms with Crippen LogP contribution in [0.3, 0.4) is 0 Å². The molecule has 0 saturated heterocycles. The first-order valence-electron chi connectivity index (χ1n) is 10.5. The number of aromatic nitrogens is 1. The minimum absolute atomic E-state index is 0.0814. The summed E-state index contributed by atoms with van der Waals surface area (Å²) < 4.78 is 5.35. The Labute approximate surface area is 196 Å². The lowest BCUT2D eigenvalue weighted by molar-refractivity contribution is -0.119. The lowest BCUT2D eigenvalue weighted by atomic mass is 10.1. The van der Waals surface area contributed by atoms with Crippen molar-refractivity contribution in [2.24, 2.45) is 0 Å². The molecule has 0 radical (unpaired) electrons. The fraction of sp³-hybridized carbons (Fsp3) is 0.250. The van der Waals surface area contributed by atoms with Crippen LogP contribution in [0, 0.1) is 0 Å². The lowest BCUT2D eigenvalue weighted by Crippen LogP contribution is -2.32. The first-order chi connectivity index (χ1) is 15.9. The van der Waals surface area contributed by atoms with Gasteiger partial charge in [-0.05, 0) is 43.7 Å². The molecule has 1 aromatic heterocycles. The summed E-state index contributed by atoms with van der Waals surface area (Å²) >= 11 is 1.30. The van der Waals surface area contributed by atoms with E-state index < -0.39 is 0 Å². The molecular weight excluding hydrogens is 440 g/mol. The van der Waals surface area contributed by atoms with E-state index in [1.165, 1.54) is 18.3 Å². The molecule has 0 saturated carbocycles. The van der Waals surface area contributed by atoms with Gasteiger partial charge in [0.05, 0.1) is 24.9 Å². The number of thiazole rings is 1. The number of hydrogen-bond acceptors (Lipinski definition) is 6. The fourth-order valence-electron chi connectivity index (χ4n) is 3.09. The largest absolute Gasteiger partial charge is 0.494 e. The van der Waals surface area contributed by atoms with Crippen molar-refractivity contribution in [3.63, 3.8) is 0 Å². The highest BCUT2D eigenvalue weighted by Crippen LogP contribution is 2.26. The number of nitrogens with one attached hydrogen (secondary N) is 3. The van der Waals surface area contributed by atoms with Crippen LogP contribution in [0.15, 0.2) is 53.9 Å². The summed E-state index contributed by atoms with van der Waals surface area (Å²) in [5, 5.41) is 10.4. The van der Waals surface area contributed by atoms with Crippen molar-refractivity contribution in [3.8, 4) is 17.0 Å². The molecule has 172 valence electrons. The Kier molecular flexibility index (Phi) is 8.15. The molecule has 0 aliphatic carbocycles. The Balaban J connectivity index is 1.52. The molecule has 3 aromatic rings. The highest BCUT2D eigenvalue weighted by molar-refractivity contribution is 7.14. The number of hydrogen-bond donors (Lipinski definition) is 3. The summed E-state index contributed by atoms with van der Waals surface area (Å²) in [6, 6.07) is 14.3. The van der Waals surface area contributed by atoms with Gasteiger partial charge in [-0.25, -0.2) is 4.98 Å². The maximum Gasteiger partial charge on any atom is 0.251 e. The number of ether oxygens (including phenoxy) is 1. The molecule has 0 aliphatic heterocycles. The van der Waals surface area contributed by atoms with Crippen molar-refractivity contribution in [3.05, 3.63) is 65.0 Å². The molecule has 0 spiro atoms. The molecule has 9 heteroatoms. The third-order valence-electron chi connectivity index (χ3n) is 4.71. The Morgan fingerprint density at radius 2 is 1.76 bits per heavy atom. The van der Waals surface area contributed by atoms with Crippen LogP contribution in [-0.2, 0) is 9.59 Å². The van der Waals surface area contributed by atoms with Gasteiger partial charge in [0.2, 0.25) is 11.8 Å². The van der Waals surface area contributed by atoms with Crippen LogP contribution in [0.1, 0.15) is 42.7 Å². The van der Waals surface area contributed by atoms with Crippen molar-refractivity contribution in [2.45, 2.75) is 26.8 Å². The SMILES string of the molecule is CCOc1ccc(C(=O)NCC(=O)Nc2nc(-c3ccc(C(C)NC(C)=O)cc3)cs2)cc1. The van der Waals surface area contributed by atoms with Crippen LogP contribution in [0.2, 0.25) is 0 Å². The summed E-state index contributed by atoms with van der Waals surface area (Å²) in [5.74, 6) is -0.110. The van der Waals surface area contributed by atoms with Crippen LogP contribution in [0.5, 0.6) is 5.75 Å². The quantitative estimate of drug-likeness (QED) is 0.445. The molecule has 8 nitrogen and oxygen atoms in total. The van der Waals surface area contributed by atoms with Crippen LogP contribution in [-0.4, -0.2) is 35.9 Å². The average Bonchev–Trinajstić information content (AvgIpc) is 3.26. The maximum absolute atomic E-state index is 12.2. The van der Waals surface area contributed by atoms with Gasteiger partial charge in [-0.3, -0.25) is 14.4 Å². The maximum atomic E-state index is 12.2. The molecule has 1 heterocycles. The zero-order chi connectivity index (χ0) is 23.8. The van der Waals surface area contributed by atoms with E-state index in [2.05, 4.69) is 20.9 Å². The second-order valence-corrected chi connectivity index (χ2v) is 8.13. The summed E-state index contributed by atoms with van der Waals surface area (Å²) in [6.45, 7) is 5.67. The number of benzene rings is 2. The summed E-state index contributed by atoms with van der Waals surface area (Å²) in [6.07, 6.45) is 0. The van der Waals surface area contributed by atoms with Crippen LogP contribution in [0.4, 0.5) is 5.13 Å². The molecule has 2 aromatic carbocycles. The van der Waals surface area contributed by atoms with Crippen molar-refractivity contribution in [1.29, 1.82) is 0 Å². The lowest BCUT2D eigenvalue weighted by Gasteiger charge is -2.13. The van der Waals surface area contributed by atoms with E-state index in [1.807, 2.05) is 43.5 Å². The van der Waals surface area contributed by atoms with Gasteiger partial charge in [0.15, 0.2) is 5.13 Å². The molecule has 33 heavy (non-hydrogen) atoms. The number of carbonyl (C=O) groups is 3. The fourth-order valence-corrected chi connectivity index (χ4v) is 3.83. The Morgan fingerprint density at radius 1 is 1.06 bits per heavy atom. The van der Waals surface area contributed by atoms with Gasteiger partial charge in [0, 0.05) is 23.4 Å². The van der Waals surface area contributed by atoms with Crippen LogP contribution < -0.4 is 20.7 Å². The number of rotatable bonds is 9. The second kappa shape index (κ2) is 11.2. The first-order valence-corrected chi connectivity index (χ1v) is 11.4. The average molecular weight is 467 g/mol. The van der Waals surface area contributed by atoms with E-state index in [0.29, 0.717) is 23.1 Å². The number of amides is 3. The molecule has 3 rings (SSSR count). The summed E-state index contributed by atoms with van der Waals surface area (Å²) in [5.41, 5.74) is 3.06. The minimum Gasteiger partial charge on any atom is -0.494 e. The van der Waals surface area contributed by atoms with Crippen molar-refractivity contribution in [2.75, 3.05) is 18.5 Å². The molecule has 3 N–H and O–H groups in total. The Morgan fingerprint density at radius 3 is 2.39 bits per heavy atom. The molecule has 0 bridgehead atoms.